The van der Waals surface area contributed by atoms with Gasteiger partial charge in [0.2, 0.25) is 0 Å². The van der Waals surface area contributed by atoms with Crippen molar-refractivity contribution in [1.29, 1.82) is 0 Å². The Bertz CT molecular complexity index is 332. The molecule has 3 aliphatic rings. The molecule has 104 valence electrons. The topological polar surface area (TPSA) is 32.3 Å². The zero-order valence-corrected chi connectivity index (χ0v) is 12.3. The summed E-state index contributed by atoms with van der Waals surface area (Å²) in [6, 6.07) is 0.621. The zero-order valence-electron chi connectivity index (χ0n) is 12.3. The fourth-order valence-electron chi connectivity index (χ4n) is 5.04. The number of fused-ring (bicyclic) bond motifs is 2. The van der Waals surface area contributed by atoms with Gasteiger partial charge in [-0.25, -0.2) is 0 Å². The van der Waals surface area contributed by atoms with E-state index in [4.69, 9.17) is 0 Å². The number of rotatable bonds is 3. The Morgan fingerprint density at radius 1 is 1.11 bits per heavy atom. The van der Waals surface area contributed by atoms with Crippen molar-refractivity contribution in [3.8, 4) is 0 Å². The summed E-state index contributed by atoms with van der Waals surface area (Å²) < 4.78 is 0. The van der Waals surface area contributed by atoms with Crippen LogP contribution < -0.4 is 5.32 Å². The van der Waals surface area contributed by atoms with E-state index in [1.54, 1.807) is 0 Å². The van der Waals surface area contributed by atoms with Crippen LogP contribution in [0, 0.1) is 16.7 Å². The second-order valence-electron chi connectivity index (χ2n) is 7.98. The van der Waals surface area contributed by atoms with Crippen LogP contribution in [0.15, 0.2) is 0 Å². The molecule has 3 saturated carbocycles. The summed E-state index contributed by atoms with van der Waals surface area (Å²) in [7, 11) is 0. The smallest absolute Gasteiger partial charge is 0.0771 e. The second-order valence-corrected chi connectivity index (χ2v) is 7.98. The fraction of sp³-hybridized carbons (Fsp3) is 1.00. The Kier molecular flexibility index (Phi) is 2.84. The van der Waals surface area contributed by atoms with E-state index < -0.39 is 5.60 Å². The van der Waals surface area contributed by atoms with Gasteiger partial charge in [-0.15, -0.1) is 0 Å². The lowest BCUT2D eigenvalue weighted by Gasteiger charge is -2.40. The molecule has 0 aromatic carbocycles. The molecule has 0 aliphatic heterocycles. The normalized spacial score (nSPS) is 44.7. The van der Waals surface area contributed by atoms with E-state index in [0.717, 1.165) is 25.3 Å². The molecule has 0 saturated heterocycles. The Balaban J connectivity index is 1.65. The highest BCUT2D eigenvalue weighted by atomic mass is 16.3. The van der Waals surface area contributed by atoms with Crippen LogP contribution in [-0.4, -0.2) is 23.3 Å². The molecule has 2 nitrogen and oxygen atoms in total. The summed E-state index contributed by atoms with van der Waals surface area (Å²) >= 11 is 0. The van der Waals surface area contributed by atoms with Gasteiger partial charge in [0.05, 0.1) is 5.60 Å². The first-order valence-electron chi connectivity index (χ1n) is 7.83. The Morgan fingerprint density at radius 3 is 2.28 bits per heavy atom. The molecule has 0 aromatic rings. The van der Waals surface area contributed by atoms with Crippen LogP contribution >= 0.6 is 0 Å². The number of hydrogen-bond donors (Lipinski definition) is 2. The van der Waals surface area contributed by atoms with Crippen LogP contribution in [0.5, 0.6) is 0 Å². The fourth-order valence-corrected chi connectivity index (χ4v) is 5.04. The maximum absolute atomic E-state index is 10.5. The Morgan fingerprint density at radius 2 is 1.78 bits per heavy atom. The van der Waals surface area contributed by atoms with E-state index in [1.807, 2.05) is 0 Å². The van der Waals surface area contributed by atoms with Crippen LogP contribution in [0.1, 0.15) is 65.7 Å². The maximum atomic E-state index is 10.5. The molecule has 2 bridgehead atoms. The van der Waals surface area contributed by atoms with Gasteiger partial charge in [0.15, 0.2) is 0 Å². The van der Waals surface area contributed by atoms with Crippen LogP contribution in [0.3, 0.4) is 0 Å². The molecule has 18 heavy (non-hydrogen) atoms. The highest BCUT2D eigenvalue weighted by Gasteiger charge is 2.61. The quantitative estimate of drug-likeness (QED) is 0.808. The minimum Gasteiger partial charge on any atom is -0.389 e. The van der Waals surface area contributed by atoms with Crippen LogP contribution in [0.25, 0.3) is 0 Å². The van der Waals surface area contributed by atoms with Crippen molar-refractivity contribution >= 4 is 0 Å². The molecule has 3 unspecified atom stereocenters. The zero-order chi connectivity index (χ0) is 13.0. The molecular weight excluding hydrogens is 222 g/mol. The molecule has 3 atom stereocenters. The molecule has 0 radical (unpaired) electrons. The van der Waals surface area contributed by atoms with Crippen LogP contribution in [-0.2, 0) is 0 Å². The molecule has 3 rings (SSSR count). The van der Waals surface area contributed by atoms with Gasteiger partial charge < -0.3 is 10.4 Å². The molecule has 3 aliphatic carbocycles. The lowest BCUT2D eigenvalue weighted by atomic mass is 9.69. The summed E-state index contributed by atoms with van der Waals surface area (Å²) in [6.07, 6.45) is 8.49. The minimum absolute atomic E-state index is 0.400. The van der Waals surface area contributed by atoms with Crippen LogP contribution in [0.4, 0.5) is 0 Å². The van der Waals surface area contributed by atoms with E-state index in [0.29, 0.717) is 16.9 Å². The SMILES string of the molecule is CC1(C)C2CCC1(C)C(NCC1(O)CCCC1)C2. The van der Waals surface area contributed by atoms with Crippen molar-refractivity contribution in [3.63, 3.8) is 0 Å². The van der Waals surface area contributed by atoms with Gasteiger partial charge in [0, 0.05) is 12.6 Å². The molecule has 2 heteroatoms. The van der Waals surface area contributed by atoms with Crippen molar-refractivity contribution in [1.82, 2.24) is 5.32 Å². The first-order chi connectivity index (χ1) is 8.37. The van der Waals surface area contributed by atoms with E-state index in [2.05, 4.69) is 26.1 Å². The van der Waals surface area contributed by atoms with Gasteiger partial charge in [-0.3, -0.25) is 0 Å². The third-order valence-corrected chi connectivity index (χ3v) is 7.01. The predicted octanol–water partition coefficient (Wildman–Crippen LogP) is 3.10. The van der Waals surface area contributed by atoms with E-state index in [9.17, 15) is 5.11 Å². The lowest BCUT2D eigenvalue weighted by molar-refractivity contribution is 0.0340. The first kappa shape index (κ1) is 12.9. The number of hydrogen-bond acceptors (Lipinski definition) is 2. The standard InChI is InChI=1S/C16H29NO/c1-14(2)12-6-9-15(14,3)13(10-12)17-11-16(18)7-4-5-8-16/h12-13,17-18H,4-11H2,1-3H3. The van der Waals surface area contributed by atoms with Crippen molar-refractivity contribution in [3.05, 3.63) is 0 Å². The molecule has 2 N–H and O–H groups in total. The predicted molar refractivity (Wildman–Crippen MR) is 74.4 cm³/mol. The molecule has 0 heterocycles. The largest absolute Gasteiger partial charge is 0.389 e. The highest BCUT2D eigenvalue weighted by molar-refractivity contribution is 5.13. The van der Waals surface area contributed by atoms with Gasteiger partial charge in [0.25, 0.3) is 0 Å². The third kappa shape index (κ3) is 1.68. The van der Waals surface area contributed by atoms with Crippen molar-refractivity contribution < 1.29 is 5.11 Å². The second kappa shape index (κ2) is 3.96. The van der Waals surface area contributed by atoms with E-state index in [-0.39, 0.29) is 0 Å². The maximum Gasteiger partial charge on any atom is 0.0771 e. The van der Waals surface area contributed by atoms with Crippen molar-refractivity contribution in [2.45, 2.75) is 77.4 Å². The van der Waals surface area contributed by atoms with Crippen LogP contribution in [0.2, 0.25) is 0 Å². The lowest BCUT2D eigenvalue weighted by Crippen LogP contribution is -2.49. The monoisotopic (exact) mass is 251 g/mol. The number of aliphatic hydroxyl groups is 1. The van der Waals surface area contributed by atoms with Crippen molar-refractivity contribution in [2.24, 2.45) is 16.7 Å². The average molecular weight is 251 g/mol. The Hall–Kier alpha value is -0.0800. The molecule has 0 aromatic heterocycles. The first-order valence-corrected chi connectivity index (χ1v) is 7.83. The van der Waals surface area contributed by atoms with Gasteiger partial charge >= 0.3 is 0 Å². The molecule has 0 amide bonds. The van der Waals surface area contributed by atoms with E-state index >= 15 is 0 Å². The van der Waals surface area contributed by atoms with Gasteiger partial charge in [-0.05, 0) is 48.9 Å². The summed E-state index contributed by atoms with van der Waals surface area (Å²) in [5.74, 6) is 0.887. The van der Waals surface area contributed by atoms with Gasteiger partial charge in [-0.1, -0.05) is 33.6 Å². The van der Waals surface area contributed by atoms with Crippen molar-refractivity contribution in [2.75, 3.05) is 6.54 Å². The summed E-state index contributed by atoms with van der Waals surface area (Å²) in [5, 5.41) is 14.2. The average Bonchev–Trinajstić information content (AvgIpc) is 2.88. The molecule has 3 fully saturated rings. The van der Waals surface area contributed by atoms with Gasteiger partial charge in [0.1, 0.15) is 0 Å². The highest BCUT2D eigenvalue weighted by Crippen LogP contribution is 2.65. The van der Waals surface area contributed by atoms with Gasteiger partial charge in [-0.2, -0.15) is 0 Å². The summed E-state index contributed by atoms with van der Waals surface area (Å²) in [4.78, 5) is 0. The molecular formula is C16H29NO. The minimum atomic E-state index is -0.400. The summed E-state index contributed by atoms with van der Waals surface area (Å²) in [5.41, 5.74) is 0.512. The molecule has 0 spiro atoms. The Labute approximate surface area is 112 Å². The van der Waals surface area contributed by atoms with E-state index in [1.165, 1.54) is 32.1 Å². The third-order valence-electron chi connectivity index (χ3n) is 7.01. The summed E-state index contributed by atoms with van der Waals surface area (Å²) in [6.45, 7) is 8.19. The number of nitrogens with one attached hydrogen (secondary N) is 1.